The van der Waals surface area contributed by atoms with Crippen LogP contribution < -0.4 is 10.6 Å². The van der Waals surface area contributed by atoms with Crippen LogP contribution in [-0.4, -0.2) is 46.7 Å². The molecule has 3 rings (SSSR count). The summed E-state index contributed by atoms with van der Waals surface area (Å²) in [6, 6.07) is 6.95. The Kier molecular flexibility index (Phi) is 6.08. The standard InChI is InChI=1S/C20H24N4O4/c1-13(2)23-17(25)7-9-22-19(26)15-12-24(20(27)16-6-4-10-28-16)11-14-5-3-8-21-18(14)15/h3-6,8,10,13,15H,7,9,11-12H2,1-2H3,(H,22,26)(H,23,25). The SMILES string of the molecule is CC(C)NC(=O)CCNC(=O)C1CN(C(=O)c2ccco2)Cc2cccnc21. The quantitative estimate of drug-likeness (QED) is 0.784. The zero-order valence-corrected chi connectivity index (χ0v) is 16.0. The minimum Gasteiger partial charge on any atom is -0.459 e. The third kappa shape index (κ3) is 4.57. The summed E-state index contributed by atoms with van der Waals surface area (Å²) in [5.74, 6) is -1.01. The molecule has 148 valence electrons. The molecule has 0 radical (unpaired) electrons. The van der Waals surface area contributed by atoms with Crippen molar-refractivity contribution in [2.75, 3.05) is 13.1 Å². The zero-order chi connectivity index (χ0) is 20.1. The van der Waals surface area contributed by atoms with Crippen LogP contribution in [0.5, 0.6) is 0 Å². The number of rotatable bonds is 6. The number of pyridine rings is 1. The van der Waals surface area contributed by atoms with Crippen LogP contribution in [0.2, 0.25) is 0 Å². The monoisotopic (exact) mass is 384 g/mol. The topological polar surface area (TPSA) is 105 Å². The van der Waals surface area contributed by atoms with Crippen molar-refractivity contribution in [1.29, 1.82) is 0 Å². The molecular formula is C20H24N4O4. The molecule has 1 aliphatic heterocycles. The molecule has 0 saturated heterocycles. The maximum Gasteiger partial charge on any atom is 0.289 e. The Labute approximate surface area is 163 Å². The fourth-order valence-corrected chi connectivity index (χ4v) is 3.21. The molecule has 1 unspecified atom stereocenters. The second kappa shape index (κ2) is 8.69. The van der Waals surface area contributed by atoms with Gasteiger partial charge in [-0.1, -0.05) is 6.07 Å². The number of hydrogen-bond acceptors (Lipinski definition) is 5. The number of nitrogens with one attached hydrogen (secondary N) is 2. The maximum absolute atomic E-state index is 12.8. The van der Waals surface area contributed by atoms with Gasteiger partial charge in [0, 0.05) is 38.3 Å². The highest BCUT2D eigenvalue weighted by atomic mass is 16.3. The number of carbonyl (C=O) groups excluding carboxylic acids is 3. The lowest BCUT2D eigenvalue weighted by atomic mass is 9.93. The second-order valence-corrected chi connectivity index (χ2v) is 7.03. The number of fused-ring (bicyclic) bond motifs is 1. The summed E-state index contributed by atoms with van der Waals surface area (Å²) in [4.78, 5) is 43.1. The van der Waals surface area contributed by atoms with Crippen LogP contribution in [0, 0.1) is 0 Å². The van der Waals surface area contributed by atoms with Gasteiger partial charge in [0.25, 0.3) is 5.91 Å². The summed E-state index contributed by atoms with van der Waals surface area (Å²) in [5, 5.41) is 5.57. The van der Waals surface area contributed by atoms with Crippen LogP contribution in [0.3, 0.4) is 0 Å². The van der Waals surface area contributed by atoms with E-state index in [1.165, 1.54) is 6.26 Å². The Morgan fingerprint density at radius 2 is 2.11 bits per heavy atom. The number of hydrogen-bond donors (Lipinski definition) is 2. The van der Waals surface area contributed by atoms with Gasteiger partial charge in [-0.3, -0.25) is 19.4 Å². The van der Waals surface area contributed by atoms with Gasteiger partial charge in [0.2, 0.25) is 11.8 Å². The molecule has 1 atom stereocenters. The maximum atomic E-state index is 12.8. The second-order valence-electron chi connectivity index (χ2n) is 7.03. The third-order valence-corrected chi connectivity index (χ3v) is 4.46. The van der Waals surface area contributed by atoms with Crippen LogP contribution in [0.4, 0.5) is 0 Å². The molecule has 3 amide bonds. The molecule has 3 heterocycles. The molecule has 8 heteroatoms. The molecule has 0 fully saturated rings. The first-order valence-electron chi connectivity index (χ1n) is 9.29. The van der Waals surface area contributed by atoms with E-state index in [-0.39, 0.29) is 49.0 Å². The van der Waals surface area contributed by atoms with Crippen LogP contribution in [-0.2, 0) is 16.1 Å². The van der Waals surface area contributed by atoms with E-state index in [1.807, 2.05) is 19.9 Å². The van der Waals surface area contributed by atoms with E-state index in [1.54, 1.807) is 29.3 Å². The van der Waals surface area contributed by atoms with E-state index >= 15 is 0 Å². The normalized spacial score (nSPS) is 15.8. The van der Waals surface area contributed by atoms with Crippen molar-refractivity contribution in [3.63, 3.8) is 0 Å². The van der Waals surface area contributed by atoms with Crippen molar-refractivity contribution in [3.8, 4) is 0 Å². The van der Waals surface area contributed by atoms with E-state index < -0.39 is 5.92 Å². The lowest BCUT2D eigenvalue weighted by Crippen LogP contribution is -2.44. The summed E-state index contributed by atoms with van der Waals surface area (Å²) >= 11 is 0. The highest BCUT2D eigenvalue weighted by Gasteiger charge is 2.34. The highest BCUT2D eigenvalue weighted by Crippen LogP contribution is 2.27. The van der Waals surface area contributed by atoms with Crippen molar-refractivity contribution >= 4 is 17.7 Å². The van der Waals surface area contributed by atoms with Gasteiger partial charge in [-0.25, -0.2) is 0 Å². The first-order valence-corrected chi connectivity index (χ1v) is 9.29. The fraction of sp³-hybridized carbons (Fsp3) is 0.400. The van der Waals surface area contributed by atoms with E-state index in [0.717, 1.165) is 5.56 Å². The Hall–Kier alpha value is -3.16. The molecule has 0 aliphatic carbocycles. The Morgan fingerprint density at radius 1 is 1.29 bits per heavy atom. The van der Waals surface area contributed by atoms with Gasteiger partial charge in [-0.15, -0.1) is 0 Å². The average molecular weight is 384 g/mol. The van der Waals surface area contributed by atoms with Crippen molar-refractivity contribution in [2.24, 2.45) is 0 Å². The molecule has 0 bridgehead atoms. The fourth-order valence-electron chi connectivity index (χ4n) is 3.21. The molecule has 28 heavy (non-hydrogen) atoms. The Bertz CT molecular complexity index is 848. The highest BCUT2D eigenvalue weighted by molar-refractivity contribution is 5.93. The predicted octanol–water partition coefficient (Wildman–Crippen LogP) is 1.45. The molecule has 8 nitrogen and oxygen atoms in total. The number of aromatic nitrogens is 1. The van der Waals surface area contributed by atoms with E-state index in [2.05, 4.69) is 15.6 Å². The van der Waals surface area contributed by atoms with Crippen molar-refractivity contribution < 1.29 is 18.8 Å². The molecule has 1 aliphatic rings. The summed E-state index contributed by atoms with van der Waals surface area (Å²) in [6.07, 6.45) is 3.28. The average Bonchev–Trinajstić information content (AvgIpc) is 3.20. The lowest BCUT2D eigenvalue weighted by Gasteiger charge is -2.32. The summed E-state index contributed by atoms with van der Waals surface area (Å²) in [7, 11) is 0. The van der Waals surface area contributed by atoms with Crippen LogP contribution in [0.25, 0.3) is 0 Å². The molecule has 2 aromatic heterocycles. The number of carbonyl (C=O) groups is 3. The van der Waals surface area contributed by atoms with Gasteiger partial charge in [0.15, 0.2) is 5.76 Å². The van der Waals surface area contributed by atoms with E-state index in [4.69, 9.17) is 4.42 Å². The van der Waals surface area contributed by atoms with Gasteiger partial charge in [0.1, 0.15) is 0 Å². The minimum absolute atomic E-state index is 0.0544. The smallest absolute Gasteiger partial charge is 0.289 e. The van der Waals surface area contributed by atoms with Crippen molar-refractivity contribution in [2.45, 2.75) is 38.8 Å². The summed E-state index contributed by atoms with van der Waals surface area (Å²) < 4.78 is 5.20. The minimum atomic E-state index is -0.600. The molecule has 2 N–H and O–H groups in total. The van der Waals surface area contributed by atoms with Gasteiger partial charge >= 0.3 is 0 Å². The van der Waals surface area contributed by atoms with Gasteiger partial charge in [0.05, 0.1) is 17.9 Å². The van der Waals surface area contributed by atoms with Gasteiger partial charge in [-0.2, -0.15) is 0 Å². The van der Waals surface area contributed by atoms with Gasteiger partial charge < -0.3 is 20.0 Å². The summed E-state index contributed by atoms with van der Waals surface area (Å²) in [5.41, 5.74) is 1.49. The zero-order valence-electron chi connectivity index (χ0n) is 16.0. The Morgan fingerprint density at radius 3 is 2.82 bits per heavy atom. The molecule has 0 saturated carbocycles. The molecule has 2 aromatic rings. The van der Waals surface area contributed by atoms with Crippen LogP contribution in [0.1, 0.15) is 48.0 Å². The first kappa shape index (κ1) is 19.6. The molecular weight excluding hydrogens is 360 g/mol. The van der Waals surface area contributed by atoms with Crippen LogP contribution >= 0.6 is 0 Å². The first-order chi connectivity index (χ1) is 13.5. The van der Waals surface area contributed by atoms with Crippen LogP contribution in [0.15, 0.2) is 41.1 Å². The summed E-state index contributed by atoms with van der Waals surface area (Å²) in [6.45, 7) is 4.55. The predicted molar refractivity (Wildman–Crippen MR) is 101 cm³/mol. The number of nitrogens with zero attached hydrogens (tertiary/aromatic N) is 2. The largest absolute Gasteiger partial charge is 0.459 e. The van der Waals surface area contributed by atoms with E-state index in [9.17, 15) is 14.4 Å². The number of furan rings is 1. The van der Waals surface area contributed by atoms with Gasteiger partial charge in [-0.05, 0) is 37.6 Å². The number of amides is 3. The van der Waals surface area contributed by atoms with Crippen molar-refractivity contribution in [1.82, 2.24) is 20.5 Å². The third-order valence-electron chi connectivity index (χ3n) is 4.46. The molecule has 0 aromatic carbocycles. The van der Waals surface area contributed by atoms with E-state index in [0.29, 0.717) is 12.2 Å². The van der Waals surface area contributed by atoms with Crippen molar-refractivity contribution in [3.05, 3.63) is 53.7 Å². The Balaban J connectivity index is 1.69. The molecule has 0 spiro atoms. The lowest BCUT2D eigenvalue weighted by molar-refractivity contribution is -0.123.